The number of halogens is 4. The maximum absolute atomic E-state index is 13.9. The number of benzene rings is 1. The summed E-state index contributed by atoms with van der Waals surface area (Å²) in [6.07, 6.45) is -1.47. The van der Waals surface area contributed by atoms with Gasteiger partial charge in [-0.05, 0) is 25.1 Å². The van der Waals surface area contributed by atoms with Crippen molar-refractivity contribution in [3.63, 3.8) is 0 Å². The number of nitrogens with one attached hydrogen (secondary N) is 2. The van der Waals surface area contributed by atoms with Crippen LogP contribution in [0.1, 0.15) is 22.5 Å². The molecule has 0 aliphatic carbocycles. The normalized spacial score (nSPS) is 14.8. The van der Waals surface area contributed by atoms with Gasteiger partial charge in [-0.3, -0.25) is 4.79 Å². The first-order valence-electron chi connectivity index (χ1n) is 7.95. The number of hydrogen-bond acceptors (Lipinski definition) is 3. The molecule has 1 aromatic carbocycles. The Morgan fingerprint density at radius 1 is 1.31 bits per heavy atom. The van der Waals surface area contributed by atoms with Crippen LogP contribution < -0.4 is 10.6 Å². The number of alkyl halides is 3. The zero-order chi connectivity index (χ0) is 18.7. The molecular weight excluding hydrogens is 352 g/mol. The third-order valence-electron chi connectivity index (χ3n) is 4.00. The van der Waals surface area contributed by atoms with E-state index in [4.69, 9.17) is 0 Å². The van der Waals surface area contributed by atoms with Gasteiger partial charge < -0.3 is 10.6 Å². The lowest BCUT2D eigenvalue weighted by molar-refractivity contribution is -0.143. The molecule has 3 rings (SSSR count). The maximum Gasteiger partial charge on any atom is 0.434 e. The van der Waals surface area contributed by atoms with Crippen LogP contribution in [0, 0.1) is 5.82 Å². The lowest BCUT2D eigenvalue weighted by Gasteiger charge is -2.15. The average Bonchev–Trinajstić information content (AvgIpc) is 3.06. The topological polar surface area (TPSA) is 59.0 Å². The summed E-state index contributed by atoms with van der Waals surface area (Å²) in [6.45, 7) is 1.56. The van der Waals surface area contributed by atoms with E-state index in [2.05, 4.69) is 15.7 Å². The zero-order valence-electron chi connectivity index (χ0n) is 13.6. The third kappa shape index (κ3) is 3.77. The lowest BCUT2D eigenvalue weighted by Crippen LogP contribution is -2.31. The van der Waals surface area contributed by atoms with E-state index < -0.39 is 29.2 Å². The van der Waals surface area contributed by atoms with E-state index in [1.54, 1.807) is 0 Å². The molecule has 5 nitrogen and oxygen atoms in total. The average molecular weight is 368 g/mol. The first-order chi connectivity index (χ1) is 12.4. The molecule has 0 fully saturated rings. The highest BCUT2D eigenvalue weighted by Crippen LogP contribution is 2.34. The predicted octanol–water partition coefficient (Wildman–Crippen LogP) is 2.68. The van der Waals surface area contributed by atoms with E-state index in [1.807, 2.05) is 6.08 Å². The summed E-state index contributed by atoms with van der Waals surface area (Å²) >= 11 is 0. The van der Waals surface area contributed by atoms with Crippen LogP contribution in [-0.2, 0) is 6.18 Å². The van der Waals surface area contributed by atoms with Crippen molar-refractivity contribution in [2.45, 2.75) is 12.6 Å². The summed E-state index contributed by atoms with van der Waals surface area (Å²) < 4.78 is 54.9. The van der Waals surface area contributed by atoms with Gasteiger partial charge in [0.1, 0.15) is 11.5 Å². The van der Waals surface area contributed by atoms with Crippen molar-refractivity contribution in [1.29, 1.82) is 0 Å². The summed E-state index contributed by atoms with van der Waals surface area (Å²) in [7, 11) is 0. The largest absolute Gasteiger partial charge is 0.434 e. The molecule has 1 amide bonds. The summed E-state index contributed by atoms with van der Waals surface area (Å²) in [6, 6.07) is 4.94. The van der Waals surface area contributed by atoms with E-state index in [1.165, 1.54) is 18.2 Å². The van der Waals surface area contributed by atoms with Crippen LogP contribution in [0.2, 0.25) is 0 Å². The molecule has 138 valence electrons. The van der Waals surface area contributed by atoms with Gasteiger partial charge in [-0.1, -0.05) is 23.8 Å². The van der Waals surface area contributed by atoms with E-state index in [0.717, 1.165) is 24.4 Å². The minimum absolute atomic E-state index is 0.155. The van der Waals surface area contributed by atoms with Crippen LogP contribution in [0.15, 0.2) is 42.1 Å². The molecule has 2 heterocycles. The molecule has 2 N–H and O–H groups in total. The Kier molecular flexibility index (Phi) is 5.08. The van der Waals surface area contributed by atoms with Crippen LogP contribution in [0.4, 0.5) is 17.6 Å². The van der Waals surface area contributed by atoms with Gasteiger partial charge in [0.15, 0.2) is 5.69 Å². The molecule has 0 radical (unpaired) electrons. The second-order valence-electron chi connectivity index (χ2n) is 5.77. The smallest absolute Gasteiger partial charge is 0.348 e. The van der Waals surface area contributed by atoms with Gasteiger partial charge in [0, 0.05) is 13.1 Å². The number of amides is 1. The number of para-hydroxylation sites is 1. The molecule has 0 atom stereocenters. The number of rotatable bonds is 4. The molecule has 1 aliphatic heterocycles. The minimum atomic E-state index is -4.88. The van der Waals surface area contributed by atoms with Crippen molar-refractivity contribution >= 4 is 5.91 Å². The summed E-state index contributed by atoms with van der Waals surface area (Å²) in [5.74, 6) is -1.77. The highest BCUT2D eigenvalue weighted by atomic mass is 19.4. The Labute approximate surface area is 146 Å². The standard InChI is InChI=1S/C17H16F4N4O/c18-13-3-1-2-4-14(13)25-15(17(19,20)21)12(10-24-25)16(26)23-9-11-5-7-22-8-6-11/h1-5,10,22H,6-9H2,(H,23,26). The fraction of sp³-hybridized carbons (Fsp3) is 0.294. The molecular formula is C17H16F4N4O. The molecule has 26 heavy (non-hydrogen) atoms. The van der Waals surface area contributed by atoms with Crippen molar-refractivity contribution in [2.24, 2.45) is 0 Å². The van der Waals surface area contributed by atoms with Crippen LogP contribution in [-0.4, -0.2) is 35.3 Å². The van der Waals surface area contributed by atoms with Crippen molar-refractivity contribution in [3.8, 4) is 5.69 Å². The molecule has 0 bridgehead atoms. The fourth-order valence-corrected chi connectivity index (χ4v) is 2.71. The van der Waals surface area contributed by atoms with Gasteiger partial charge in [-0.2, -0.15) is 18.3 Å². The SMILES string of the molecule is O=C(NCC1=CCNCC1)c1cnn(-c2ccccc2F)c1C(F)(F)F. The second-order valence-corrected chi connectivity index (χ2v) is 5.77. The minimum Gasteiger partial charge on any atom is -0.348 e. The van der Waals surface area contributed by atoms with Crippen molar-refractivity contribution in [1.82, 2.24) is 20.4 Å². The number of carbonyl (C=O) groups excluding carboxylic acids is 1. The Morgan fingerprint density at radius 2 is 2.08 bits per heavy atom. The summed E-state index contributed by atoms with van der Waals surface area (Å²) in [5, 5.41) is 9.18. The Hall–Kier alpha value is -2.68. The first kappa shape index (κ1) is 18.1. The predicted molar refractivity (Wildman–Crippen MR) is 86.4 cm³/mol. The molecule has 1 aliphatic rings. The van der Waals surface area contributed by atoms with Crippen molar-refractivity contribution in [3.05, 3.63) is 59.2 Å². The zero-order valence-corrected chi connectivity index (χ0v) is 13.6. The Balaban J connectivity index is 1.91. The first-order valence-corrected chi connectivity index (χ1v) is 7.95. The molecule has 0 saturated carbocycles. The Morgan fingerprint density at radius 3 is 2.73 bits per heavy atom. The third-order valence-corrected chi connectivity index (χ3v) is 4.00. The molecule has 9 heteroatoms. The van der Waals surface area contributed by atoms with Gasteiger partial charge in [0.25, 0.3) is 5.91 Å². The van der Waals surface area contributed by atoms with Crippen molar-refractivity contribution < 1.29 is 22.4 Å². The fourth-order valence-electron chi connectivity index (χ4n) is 2.71. The van der Waals surface area contributed by atoms with Crippen LogP contribution in [0.3, 0.4) is 0 Å². The van der Waals surface area contributed by atoms with Gasteiger partial charge in [-0.25, -0.2) is 9.07 Å². The molecule has 0 spiro atoms. The quantitative estimate of drug-likeness (QED) is 0.644. The highest BCUT2D eigenvalue weighted by Gasteiger charge is 2.41. The van der Waals surface area contributed by atoms with Gasteiger partial charge in [-0.15, -0.1) is 0 Å². The maximum atomic E-state index is 13.9. The van der Waals surface area contributed by atoms with E-state index in [0.29, 0.717) is 17.6 Å². The van der Waals surface area contributed by atoms with E-state index in [9.17, 15) is 22.4 Å². The van der Waals surface area contributed by atoms with Crippen LogP contribution in [0.25, 0.3) is 5.69 Å². The molecule has 2 aromatic rings. The number of hydrogen-bond donors (Lipinski definition) is 2. The van der Waals surface area contributed by atoms with Gasteiger partial charge in [0.05, 0.1) is 11.8 Å². The van der Waals surface area contributed by atoms with Crippen LogP contribution >= 0.6 is 0 Å². The highest BCUT2D eigenvalue weighted by molar-refractivity contribution is 5.95. The number of nitrogens with zero attached hydrogens (tertiary/aromatic N) is 2. The molecule has 1 aromatic heterocycles. The second kappa shape index (κ2) is 7.28. The Bertz CT molecular complexity index is 842. The number of aromatic nitrogens is 2. The lowest BCUT2D eigenvalue weighted by atomic mass is 10.1. The number of carbonyl (C=O) groups is 1. The van der Waals surface area contributed by atoms with Gasteiger partial charge in [0.2, 0.25) is 0 Å². The van der Waals surface area contributed by atoms with E-state index >= 15 is 0 Å². The van der Waals surface area contributed by atoms with Crippen molar-refractivity contribution in [2.75, 3.05) is 19.6 Å². The monoisotopic (exact) mass is 368 g/mol. The van der Waals surface area contributed by atoms with Gasteiger partial charge >= 0.3 is 6.18 Å². The van der Waals surface area contributed by atoms with E-state index in [-0.39, 0.29) is 12.2 Å². The molecule has 0 unspecified atom stereocenters. The van der Waals surface area contributed by atoms with Crippen LogP contribution in [0.5, 0.6) is 0 Å². The summed E-state index contributed by atoms with van der Waals surface area (Å²) in [4.78, 5) is 12.3. The molecule has 0 saturated heterocycles. The summed E-state index contributed by atoms with van der Waals surface area (Å²) in [5.41, 5.74) is -1.39.